The number of hydrogen-bond donors (Lipinski definition) is 0. The lowest BCUT2D eigenvalue weighted by Crippen LogP contribution is -2.08. The highest BCUT2D eigenvalue weighted by Crippen LogP contribution is 2.46. The van der Waals surface area contributed by atoms with Gasteiger partial charge in [-0.15, -0.1) is 0 Å². The highest BCUT2D eigenvalue weighted by atomic mass is 19.4. The van der Waals surface area contributed by atoms with Crippen molar-refractivity contribution in [1.29, 1.82) is 0 Å². The summed E-state index contributed by atoms with van der Waals surface area (Å²) in [6.07, 6.45) is -3.81. The van der Waals surface area contributed by atoms with Crippen molar-refractivity contribution in [3.63, 3.8) is 0 Å². The first-order valence-electron chi connectivity index (χ1n) is 9.31. The van der Waals surface area contributed by atoms with Gasteiger partial charge in [0.05, 0.1) is 12.2 Å². The molecule has 2 aromatic carbocycles. The van der Waals surface area contributed by atoms with E-state index in [9.17, 15) is 18.0 Å². The lowest BCUT2D eigenvalue weighted by atomic mass is 9.99. The molecule has 0 bridgehead atoms. The molecule has 5 rings (SSSR count). The minimum absolute atomic E-state index is 0.0517. The third-order valence-corrected chi connectivity index (χ3v) is 5.02. The van der Waals surface area contributed by atoms with E-state index in [1.807, 2.05) is 0 Å². The third kappa shape index (κ3) is 3.18. The maximum Gasteiger partial charge on any atom is 0.422 e. The Bertz CT molecular complexity index is 1280. The zero-order chi connectivity index (χ0) is 21.6. The molecule has 0 atom stereocenters. The van der Waals surface area contributed by atoms with Crippen molar-refractivity contribution in [3.8, 4) is 39.8 Å². The first-order chi connectivity index (χ1) is 15.0. The summed E-state index contributed by atoms with van der Waals surface area (Å²) in [4.78, 5) is 11.0. The normalized spacial score (nSPS) is 13.1. The van der Waals surface area contributed by atoms with E-state index in [1.54, 1.807) is 36.4 Å². The second kappa shape index (κ2) is 7.12. The van der Waals surface area contributed by atoms with Crippen molar-refractivity contribution in [1.82, 2.24) is 10.3 Å². The highest BCUT2D eigenvalue weighted by Gasteiger charge is 2.43. The van der Waals surface area contributed by atoms with Crippen LogP contribution >= 0.6 is 0 Å². The fraction of sp³-hybridized carbons (Fsp3) is 0.136. The summed E-state index contributed by atoms with van der Waals surface area (Å²) in [6.45, 7) is 0.168. The van der Waals surface area contributed by atoms with Crippen LogP contribution in [0.3, 0.4) is 0 Å². The second-order valence-corrected chi connectivity index (χ2v) is 6.91. The molecule has 0 aliphatic carbocycles. The number of fused-ring (bicyclic) bond motifs is 3. The van der Waals surface area contributed by atoms with E-state index in [0.717, 1.165) is 0 Å². The zero-order valence-electron chi connectivity index (χ0n) is 15.8. The first-order valence-corrected chi connectivity index (χ1v) is 9.31. The van der Waals surface area contributed by atoms with Crippen LogP contribution in [0.5, 0.6) is 5.75 Å². The van der Waals surface area contributed by atoms with Crippen molar-refractivity contribution < 1.29 is 31.7 Å². The zero-order valence-corrected chi connectivity index (χ0v) is 15.8. The van der Waals surface area contributed by atoms with E-state index < -0.39 is 17.4 Å². The van der Waals surface area contributed by atoms with Crippen LogP contribution in [0.2, 0.25) is 0 Å². The lowest BCUT2D eigenvalue weighted by molar-refractivity contribution is -0.136. The first kappa shape index (κ1) is 19.1. The monoisotopic (exact) mass is 426 g/mol. The molecule has 2 aromatic heterocycles. The number of nitrogens with zero attached hydrogens (tertiary/aromatic N) is 2. The number of ether oxygens (including phenoxy) is 1. The van der Waals surface area contributed by atoms with E-state index in [2.05, 4.69) is 10.3 Å². The smallest absolute Gasteiger partial charge is 0.422 e. The predicted octanol–water partition coefficient (Wildman–Crippen LogP) is 5.43. The van der Waals surface area contributed by atoms with E-state index >= 15 is 0 Å². The summed E-state index contributed by atoms with van der Waals surface area (Å²) in [5, 5.41) is 7.63. The quantitative estimate of drug-likeness (QED) is 0.407. The molecule has 1 aliphatic rings. The maximum absolute atomic E-state index is 14.0. The molecule has 0 amide bonds. The standard InChI is InChI=1S/C22H13F3N2O4/c23-22(24,25)17-19(27-30-20(17)13-4-2-1-3-5-13)18-15-8-9-29-16-10-12(11-28)6-7-14(16)21(15)31-26-18/h1-7,10-11H,8-9H2. The van der Waals surface area contributed by atoms with Gasteiger partial charge in [-0.2, -0.15) is 13.2 Å². The number of halogens is 3. The van der Waals surface area contributed by atoms with Crippen LogP contribution < -0.4 is 4.74 Å². The van der Waals surface area contributed by atoms with Gasteiger partial charge in [-0.05, 0) is 12.1 Å². The van der Waals surface area contributed by atoms with Gasteiger partial charge < -0.3 is 13.8 Å². The second-order valence-electron chi connectivity index (χ2n) is 6.91. The van der Waals surface area contributed by atoms with E-state index in [4.69, 9.17) is 13.8 Å². The van der Waals surface area contributed by atoms with Gasteiger partial charge >= 0.3 is 6.18 Å². The molecular weight excluding hydrogens is 413 g/mol. The topological polar surface area (TPSA) is 78.4 Å². The predicted molar refractivity (Wildman–Crippen MR) is 102 cm³/mol. The van der Waals surface area contributed by atoms with Gasteiger partial charge in [-0.1, -0.05) is 46.7 Å². The average molecular weight is 426 g/mol. The van der Waals surface area contributed by atoms with Gasteiger partial charge in [-0.25, -0.2) is 0 Å². The van der Waals surface area contributed by atoms with Crippen LogP contribution in [0.25, 0.3) is 34.0 Å². The summed E-state index contributed by atoms with van der Waals surface area (Å²) in [6, 6.07) is 12.7. The van der Waals surface area contributed by atoms with Crippen molar-refractivity contribution in [2.24, 2.45) is 0 Å². The Morgan fingerprint density at radius 3 is 2.42 bits per heavy atom. The molecule has 156 valence electrons. The molecule has 0 fully saturated rings. The Kier molecular flexibility index (Phi) is 4.39. The maximum atomic E-state index is 14.0. The Morgan fingerprint density at radius 1 is 0.935 bits per heavy atom. The minimum atomic E-state index is -4.73. The van der Waals surface area contributed by atoms with Crippen molar-refractivity contribution in [2.75, 3.05) is 6.61 Å². The van der Waals surface area contributed by atoms with Gasteiger partial charge in [-0.3, -0.25) is 4.79 Å². The molecule has 0 N–H and O–H groups in total. The van der Waals surface area contributed by atoms with Crippen molar-refractivity contribution in [2.45, 2.75) is 12.6 Å². The average Bonchev–Trinajstić information content (AvgIpc) is 3.34. The van der Waals surface area contributed by atoms with Gasteiger partial charge in [0, 0.05) is 23.1 Å². The molecular formula is C22H13F3N2O4. The van der Waals surface area contributed by atoms with Crippen LogP contribution in [-0.4, -0.2) is 23.2 Å². The van der Waals surface area contributed by atoms with Crippen molar-refractivity contribution >= 4 is 6.29 Å². The van der Waals surface area contributed by atoms with Gasteiger partial charge in [0.2, 0.25) is 0 Å². The van der Waals surface area contributed by atoms with Crippen LogP contribution in [0, 0.1) is 0 Å². The number of alkyl halides is 3. The SMILES string of the molecule is O=Cc1ccc2c(c1)OCCc1c(-c3noc(-c4ccccc4)c3C(F)(F)F)noc1-2. The van der Waals surface area contributed by atoms with Gasteiger partial charge in [0.15, 0.2) is 11.5 Å². The molecule has 6 nitrogen and oxygen atoms in total. The summed E-state index contributed by atoms with van der Waals surface area (Å²) < 4.78 is 58.4. The molecule has 0 saturated carbocycles. The molecule has 4 aromatic rings. The summed E-state index contributed by atoms with van der Waals surface area (Å²) in [5.41, 5.74) is 0.0710. The van der Waals surface area contributed by atoms with E-state index in [1.165, 1.54) is 12.1 Å². The third-order valence-electron chi connectivity index (χ3n) is 5.02. The summed E-state index contributed by atoms with van der Waals surface area (Å²) in [5.74, 6) is 0.283. The number of aromatic nitrogens is 2. The van der Waals surface area contributed by atoms with Gasteiger partial charge in [0.25, 0.3) is 0 Å². The Morgan fingerprint density at radius 2 is 1.68 bits per heavy atom. The molecule has 1 aliphatic heterocycles. The number of carbonyl (C=O) groups excluding carboxylic acids is 1. The number of rotatable bonds is 3. The molecule has 0 saturated heterocycles. The molecule has 31 heavy (non-hydrogen) atoms. The lowest BCUT2D eigenvalue weighted by Gasteiger charge is -2.08. The minimum Gasteiger partial charge on any atom is -0.492 e. The molecule has 9 heteroatoms. The van der Waals surface area contributed by atoms with E-state index in [-0.39, 0.29) is 35.8 Å². The Balaban J connectivity index is 1.69. The molecule has 0 spiro atoms. The van der Waals surface area contributed by atoms with Crippen molar-refractivity contribution in [3.05, 3.63) is 65.2 Å². The fourth-order valence-electron chi connectivity index (χ4n) is 3.62. The molecule has 3 heterocycles. The van der Waals surface area contributed by atoms with Crippen LogP contribution in [-0.2, 0) is 12.6 Å². The summed E-state index contributed by atoms with van der Waals surface area (Å²) >= 11 is 0. The molecule has 0 radical (unpaired) electrons. The largest absolute Gasteiger partial charge is 0.492 e. The fourth-order valence-corrected chi connectivity index (χ4v) is 3.62. The summed E-state index contributed by atoms with van der Waals surface area (Å²) in [7, 11) is 0. The van der Waals surface area contributed by atoms with Crippen LogP contribution in [0.15, 0.2) is 57.6 Å². The van der Waals surface area contributed by atoms with Crippen LogP contribution in [0.1, 0.15) is 21.5 Å². The number of hydrogen-bond acceptors (Lipinski definition) is 6. The van der Waals surface area contributed by atoms with E-state index in [0.29, 0.717) is 28.7 Å². The number of carbonyl (C=O) groups is 1. The Labute approximate surface area is 173 Å². The molecule has 0 unspecified atom stereocenters. The number of aldehydes is 1. The van der Waals surface area contributed by atoms with Crippen LogP contribution in [0.4, 0.5) is 13.2 Å². The Hall–Kier alpha value is -3.88. The van der Waals surface area contributed by atoms with Gasteiger partial charge in [0.1, 0.15) is 29.0 Å². The number of benzene rings is 2. The highest BCUT2D eigenvalue weighted by molar-refractivity contribution is 5.82.